The third-order valence-electron chi connectivity index (χ3n) is 5.63. The Morgan fingerprint density at radius 1 is 0.941 bits per heavy atom. The molecule has 17 heavy (non-hydrogen) atoms. The highest BCUT2D eigenvalue weighted by Crippen LogP contribution is 2.57. The molecule has 0 heterocycles. The van der Waals surface area contributed by atoms with Gasteiger partial charge in [-0.15, -0.1) is 0 Å². The van der Waals surface area contributed by atoms with E-state index >= 15 is 0 Å². The Kier molecular flexibility index (Phi) is 2.63. The second-order valence-electron chi connectivity index (χ2n) is 8.23. The van der Waals surface area contributed by atoms with Gasteiger partial charge in [-0.2, -0.15) is 0 Å². The van der Waals surface area contributed by atoms with E-state index in [9.17, 15) is 0 Å². The number of hydrogen-bond acceptors (Lipinski definition) is 1. The van der Waals surface area contributed by atoms with E-state index < -0.39 is 0 Å². The summed E-state index contributed by atoms with van der Waals surface area (Å²) in [6, 6.07) is 0. The summed E-state index contributed by atoms with van der Waals surface area (Å²) < 4.78 is 6.62. The summed E-state index contributed by atoms with van der Waals surface area (Å²) in [5.74, 6) is 2.98. The van der Waals surface area contributed by atoms with Crippen molar-refractivity contribution in [3.8, 4) is 0 Å². The molecule has 1 unspecified atom stereocenters. The minimum absolute atomic E-state index is 0.279. The first kappa shape index (κ1) is 12.0. The van der Waals surface area contributed by atoms with Gasteiger partial charge in [0.15, 0.2) is 0 Å². The maximum atomic E-state index is 6.62. The monoisotopic (exact) mass is 236 g/mol. The molecule has 98 valence electrons. The molecule has 1 heteroatoms. The van der Waals surface area contributed by atoms with Gasteiger partial charge in [0.05, 0.1) is 11.7 Å². The predicted octanol–water partition coefficient (Wildman–Crippen LogP) is 4.41. The van der Waals surface area contributed by atoms with Gasteiger partial charge in [0.25, 0.3) is 0 Å². The SMILES string of the molecule is CC(OC12CC3CC(CC(C3)C1)C2)C(C)(C)C. The highest BCUT2D eigenvalue weighted by molar-refractivity contribution is 5.03. The zero-order chi connectivity index (χ0) is 12.3. The molecular weight excluding hydrogens is 208 g/mol. The van der Waals surface area contributed by atoms with Crippen molar-refractivity contribution in [3.05, 3.63) is 0 Å². The van der Waals surface area contributed by atoms with E-state index in [-0.39, 0.29) is 11.0 Å². The van der Waals surface area contributed by atoms with Gasteiger partial charge in [0, 0.05) is 0 Å². The molecule has 0 aromatic heterocycles. The summed E-state index contributed by atoms with van der Waals surface area (Å²) in [7, 11) is 0. The zero-order valence-electron chi connectivity index (χ0n) is 12.0. The Labute approximate surface area is 106 Å². The van der Waals surface area contributed by atoms with Crippen LogP contribution in [-0.4, -0.2) is 11.7 Å². The third-order valence-corrected chi connectivity index (χ3v) is 5.63. The van der Waals surface area contributed by atoms with Crippen molar-refractivity contribution in [2.24, 2.45) is 23.2 Å². The highest BCUT2D eigenvalue weighted by Gasteiger charge is 2.52. The van der Waals surface area contributed by atoms with Crippen LogP contribution in [0.15, 0.2) is 0 Å². The zero-order valence-corrected chi connectivity index (χ0v) is 12.0. The fourth-order valence-corrected chi connectivity index (χ4v) is 4.73. The van der Waals surface area contributed by atoms with Crippen molar-refractivity contribution in [1.82, 2.24) is 0 Å². The molecule has 0 aromatic carbocycles. The first-order valence-electron chi connectivity index (χ1n) is 7.54. The molecule has 0 aromatic rings. The van der Waals surface area contributed by atoms with Crippen LogP contribution in [0.3, 0.4) is 0 Å². The third kappa shape index (κ3) is 2.16. The number of hydrogen-bond donors (Lipinski definition) is 0. The van der Waals surface area contributed by atoms with E-state index in [1.807, 2.05) is 0 Å². The molecule has 4 saturated carbocycles. The molecular formula is C16H28O. The molecule has 1 nitrogen and oxygen atoms in total. The molecule has 4 aliphatic rings. The van der Waals surface area contributed by atoms with Gasteiger partial charge in [-0.05, 0) is 68.6 Å². The van der Waals surface area contributed by atoms with Gasteiger partial charge in [0.2, 0.25) is 0 Å². The maximum Gasteiger partial charge on any atom is 0.0694 e. The van der Waals surface area contributed by atoms with E-state index in [1.165, 1.54) is 38.5 Å². The molecule has 0 saturated heterocycles. The maximum absolute atomic E-state index is 6.62. The quantitative estimate of drug-likeness (QED) is 0.690. The van der Waals surface area contributed by atoms with Crippen LogP contribution in [0.4, 0.5) is 0 Å². The van der Waals surface area contributed by atoms with Gasteiger partial charge in [-0.25, -0.2) is 0 Å². The standard InChI is InChI=1S/C16H28O/c1-11(15(2,3)4)17-16-8-12-5-13(9-16)7-14(6-12)10-16/h11-14H,5-10H2,1-4H3. The van der Waals surface area contributed by atoms with Crippen LogP contribution in [0.5, 0.6) is 0 Å². The minimum atomic E-state index is 0.279. The lowest BCUT2D eigenvalue weighted by molar-refractivity contribution is -0.202. The Morgan fingerprint density at radius 2 is 1.35 bits per heavy atom. The molecule has 0 amide bonds. The van der Waals surface area contributed by atoms with Crippen molar-refractivity contribution in [3.63, 3.8) is 0 Å². The van der Waals surface area contributed by atoms with Crippen LogP contribution in [0.2, 0.25) is 0 Å². The lowest BCUT2D eigenvalue weighted by Gasteiger charge is -2.57. The Hall–Kier alpha value is -0.0400. The van der Waals surface area contributed by atoms with Crippen molar-refractivity contribution in [2.75, 3.05) is 0 Å². The molecule has 4 bridgehead atoms. The molecule has 4 rings (SSSR count). The fourth-order valence-electron chi connectivity index (χ4n) is 4.73. The van der Waals surface area contributed by atoms with Gasteiger partial charge in [-0.3, -0.25) is 0 Å². The second kappa shape index (κ2) is 3.73. The Bertz CT molecular complexity index is 264. The molecule has 4 aliphatic carbocycles. The first-order chi connectivity index (χ1) is 7.86. The lowest BCUT2D eigenvalue weighted by Crippen LogP contribution is -2.54. The van der Waals surface area contributed by atoms with Crippen LogP contribution in [0.1, 0.15) is 66.2 Å². The normalized spacial score (nSPS) is 46.2. The van der Waals surface area contributed by atoms with Crippen molar-refractivity contribution in [2.45, 2.75) is 77.9 Å². The average Bonchev–Trinajstić information content (AvgIpc) is 2.12. The van der Waals surface area contributed by atoms with Crippen LogP contribution < -0.4 is 0 Å². The average molecular weight is 236 g/mol. The van der Waals surface area contributed by atoms with E-state index in [0.717, 1.165) is 17.8 Å². The summed E-state index contributed by atoms with van der Waals surface area (Å²) in [4.78, 5) is 0. The topological polar surface area (TPSA) is 9.23 Å². The van der Waals surface area contributed by atoms with Gasteiger partial charge < -0.3 is 4.74 Å². The molecule has 4 fully saturated rings. The summed E-state index contributed by atoms with van der Waals surface area (Å²) in [5.41, 5.74) is 0.560. The van der Waals surface area contributed by atoms with Crippen LogP contribution in [-0.2, 0) is 4.74 Å². The largest absolute Gasteiger partial charge is 0.371 e. The van der Waals surface area contributed by atoms with E-state index in [0.29, 0.717) is 6.10 Å². The van der Waals surface area contributed by atoms with Crippen molar-refractivity contribution < 1.29 is 4.74 Å². The molecule has 0 aliphatic heterocycles. The Morgan fingerprint density at radius 3 is 1.71 bits per heavy atom. The highest BCUT2D eigenvalue weighted by atomic mass is 16.5. The fraction of sp³-hybridized carbons (Fsp3) is 1.00. The minimum Gasteiger partial charge on any atom is -0.371 e. The van der Waals surface area contributed by atoms with E-state index in [2.05, 4.69) is 27.7 Å². The van der Waals surface area contributed by atoms with Gasteiger partial charge >= 0.3 is 0 Å². The van der Waals surface area contributed by atoms with Crippen LogP contribution in [0.25, 0.3) is 0 Å². The van der Waals surface area contributed by atoms with E-state index in [4.69, 9.17) is 4.74 Å². The summed E-state index contributed by atoms with van der Waals surface area (Å²) in [5, 5.41) is 0. The second-order valence-corrected chi connectivity index (χ2v) is 8.23. The van der Waals surface area contributed by atoms with E-state index in [1.54, 1.807) is 0 Å². The van der Waals surface area contributed by atoms with Crippen LogP contribution in [0, 0.1) is 23.2 Å². The van der Waals surface area contributed by atoms with Gasteiger partial charge in [-0.1, -0.05) is 20.8 Å². The summed E-state index contributed by atoms with van der Waals surface area (Å²) >= 11 is 0. The summed E-state index contributed by atoms with van der Waals surface area (Å²) in [6.07, 6.45) is 8.99. The predicted molar refractivity (Wildman–Crippen MR) is 70.9 cm³/mol. The smallest absolute Gasteiger partial charge is 0.0694 e. The van der Waals surface area contributed by atoms with Crippen LogP contribution >= 0.6 is 0 Å². The van der Waals surface area contributed by atoms with Gasteiger partial charge in [0.1, 0.15) is 0 Å². The molecule has 0 N–H and O–H groups in total. The lowest BCUT2D eigenvalue weighted by atomic mass is 9.54. The first-order valence-corrected chi connectivity index (χ1v) is 7.54. The summed E-state index contributed by atoms with van der Waals surface area (Å²) in [6.45, 7) is 9.19. The molecule has 0 spiro atoms. The Balaban J connectivity index is 1.74. The van der Waals surface area contributed by atoms with Crippen molar-refractivity contribution >= 4 is 0 Å². The van der Waals surface area contributed by atoms with Crippen molar-refractivity contribution in [1.29, 1.82) is 0 Å². The molecule has 0 radical (unpaired) electrons. The number of rotatable bonds is 2. The molecule has 1 atom stereocenters. The number of ether oxygens (including phenoxy) is 1.